The fraction of sp³-hybridized carbons (Fsp3) is 0.467. The first-order valence-electron chi connectivity index (χ1n) is 6.71. The maximum Gasteiger partial charge on any atom is 0.417 e. The van der Waals surface area contributed by atoms with Gasteiger partial charge in [0.25, 0.3) is 0 Å². The lowest BCUT2D eigenvalue weighted by molar-refractivity contribution is -0.131. The maximum atomic E-state index is 12.5. The number of thioether (sulfide) groups is 1. The van der Waals surface area contributed by atoms with E-state index in [1.54, 1.807) is 0 Å². The van der Waals surface area contributed by atoms with Crippen LogP contribution in [0.5, 0.6) is 0 Å². The molecule has 1 atom stereocenters. The number of hydrogen-bond donors (Lipinski definition) is 0. The summed E-state index contributed by atoms with van der Waals surface area (Å²) in [5, 5.41) is 0. The molecule has 2 aliphatic rings. The third kappa shape index (κ3) is 2.42. The lowest BCUT2D eigenvalue weighted by Crippen LogP contribution is -2.41. The second-order valence-electron chi connectivity index (χ2n) is 5.75. The molecule has 0 aliphatic carbocycles. The first kappa shape index (κ1) is 13.5. The SMILES string of the molecule is CC1(CC(=O)N2C(=O)OCC2c2ccccc2)CSC1. The van der Waals surface area contributed by atoms with Crippen LogP contribution < -0.4 is 0 Å². The zero-order valence-corrected chi connectivity index (χ0v) is 12.2. The van der Waals surface area contributed by atoms with E-state index in [1.807, 2.05) is 42.1 Å². The van der Waals surface area contributed by atoms with Crippen molar-refractivity contribution < 1.29 is 14.3 Å². The third-order valence-corrected chi connectivity index (χ3v) is 5.61. The lowest BCUT2D eigenvalue weighted by Gasteiger charge is -2.38. The molecule has 4 nitrogen and oxygen atoms in total. The summed E-state index contributed by atoms with van der Waals surface area (Å²) in [7, 11) is 0. The third-order valence-electron chi connectivity index (χ3n) is 3.81. The van der Waals surface area contributed by atoms with Gasteiger partial charge in [0.05, 0.1) is 0 Å². The molecule has 2 aliphatic heterocycles. The number of amides is 2. The molecule has 0 saturated carbocycles. The van der Waals surface area contributed by atoms with Crippen molar-refractivity contribution >= 4 is 23.8 Å². The van der Waals surface area contributed by atoms with E-state index in [1.165, 1.54) is 4.90 Å². The van der Waals surface area contributed by atoms with Crippen LogP contribution in [0.25, 0.3) is 0 Å². The molecule has 0 spiro atoms. The van der Waals surface area contributed by atoms with Crippen molar-refractivity contribution in [2.45, 2.75) is 19.4 Å². The molecule has 106 valence electrons. The Kier molecular flexibility index (Phi) is 3.46. The molecule has 20 heavy (non-hydrogen) atoms. The second kappa shape index (κ2) is 5.13. The molecule has 1 unspecified atom stereocenters. The summed E-state index contributed by atoms with van der Waals surface area (Å²) in [6.45, 7) is 2.35. The highest BCUT2D eigenvalue weighted by molar-refractivity contribution is 8.00. The molecule has 0 bridgehead atoms. The average Bonchev–Trinajstić information content (AvgIpc) is 2.80. The summed E-state index contributed by atoms with van der Waals surface area (Å²) in [6, 6.07) is 9.30. The minimum absolute atomic E-state index is 0.0336. The highest BCUT2D eigenvalue weighted by Crippen LogP contribution is 2.41. The van der Waals surface area contributed by atoms with Crippen molar-refractivity contribution in [3.63, 3.8) is 0 Å². The minimum Gasteiger partial charge on any atom is -0.446 e. The Morgan fingerprint density at radius 1 is 1.40 bits per heavy atom. The average molecular weight is 291 g/mol. The van der Waals surface area contributed by atoms with E-state index in [2.05, 4.69) is 6.92 Å². The Morgan fingerprint density at radius 2 is 2.10 bits per heavy atom. The van der Waals surface area contributed by atoms with Crippen LogP contribution in [0.15, 0.2) is 30.3 Å². The standard InChI is InChI=1S/C15H17NO3S/c1-15(9-20-10-15)7-13(17)16-12(8-19-14(16)18)11-5-3-2-4-6-11/h2-6,12H,7-10H2,1H3. The van der Waals surface area contributed by atoms with E-state index in [9.17, 15) is 9.59 Å². The Balaban J connectivity index is 1.78. The van der Waals surface area contributed by atoms with E-state index >= 15 is 0 Å². The van der Waals surface area contributed by atoms with Gasteiger partial charge in [-0.05, 0) is 22.5 Å². The number of nitrogens with zero attached hydrogens (tertiary/aromatic N) is 1. The molecule has 0 aromatic heterocycles. The summed E-state index contributed by atoms with van der Waals surface area (Å²) in [6.07, 6.45) is -0.0993. The van der Waals surface area contributed by atoms with Crippen LogP contribution in [0.3, 0.4) is 0 Å². The van der Waals surface area contributed by atoms with Gasteiger partial charge < -0.3 is 4.74 Å². The van der Waals surface area contributed by atoms with E-state index in [-0.39, 0.29) is 24.0 Å². The van der Waals surface area contributed by atoms with Crippen molar-refractivity contribution in [3.8, 4) is 0 Å². The van der Waals surface area contributed by atoms with E-state index < -0.39 is 6.09 Å². The Labute approximate surface area is 122 Å². The van der Waals surface area contributed by atoms with Gasteiger partial charge in [-0.3, -0.25) is 4.79 Å². The number of imide groups is 1. The van der Waals surface area contributed by atoms with Crippen LogP contribution in [-0.4, -0.2) is 35.0 Å². The van der Waals surface area contributed by atoms with Gasteiger partial charge >= 0.3 is 6.09 Å². The predicted octanol–water partition coefficient (Wildman–Crippen LogP) is 2.85. The highest BCUT2D eigenvalue weighted by Gasteiger charge is 2.43. The van der Waals surface area contributed by atoms with Crippen LogP contribution in [-0.2, 0) is 9.53 Å². The van der Waals surface area contributed by atoms with E-state index in [0.29, 0.717) is 6.42 Å². The molecule has 2 saturated heterocycles. The molecule has 1 aromatic carbocycles. The van der Waals surface area contributed by atoms with Crippen LogP contribution in [0.4, 0.5) is 4.79 Å². The Hall–Kier alpha value is -1.49. The normalized spacial score (nSPS) is 24.1. The van der Waals surface area contributed by atoms with Gasteiger partial charge in [0.1, 0.15) is 12.6 Å². The predicted molar refractivity (Wildman–Crippen MR) is 77.4 cm³/mol. The van der Waals surface area contributed by atoms with Gasteiger partial charge in [0, 0.05) is 6.42 Å². The summed E-state index contributed by atoms with van der Waals surface area (Å²) < 4.78 is 5.08. The largest absolute Gasteiger partial charge is 0.446 e. The molecule has 3 rings (SSSR count). The Bertz CT molecular complexity index is 527. The number of rotatable bonds is 3. The monoisotopic (exact) mass is 291 g/mol. The van der Waals surface area contributed by atoms with Gasteiger partial charge in [-0.2, -0.15) is 11.8 Å². The molecule has 0 N–H and O–H groups in total. The van der Waals surface area contributed by atoms with Crippen LogP contribution in [0, 0.1) is 5.41 Å². The van der Waals surface area contributed by atoms with Gasteiger partial charge in [-0.1, -0.05) is 37.3 Å². The molecular formula is C15H17NO3S. The van der Waals surface area contributed by atoms with Gasteiger partial charge in [0.2, 0.25) is 5.91 Å². The molecule has 2 amide bonds. The summed E-state index contributed by atoms with van der Waals surface area (Å²) >= 11 is 1.84. The van der Waals surface area contributed by atoms with Crippen molar-refractivity contribution in [1.82, 2.24) is 4.90 Å². The molecule has 5 heteroatoms. The van der Waals surface area contributed by atoms with Gasteiger partial charge in [-0.15, -0.1) is 0 Å². The van der Waals surface area contributed by atoms with Crippen molar-refractivity contribution in [2.24, 2.45) is 5.41 Å². The van der Waals surface area contributed by atoms with Crippen molar-refractivity contribution in [3.05, 3.63) is 35.9 Å². The highest BCUT2D eigenvalue weighted by atomic mass is 32.2. The van der Waals surface area contributed by atoms with Crippen molar-refractivity contribution in [1.29, 1.82) is 0 Å². The number of carbonyl (C=O) groups is 2. The number of carbonyl (C=O) groups excluding carboxylic acids is 2. The zero-order chi connectivity index (χ0) is 14.2. The van der Waals surface area contributed by atoms with Crippen LogP contribution in [0.1, 0.15) is 24.9 Å². The fourth-order valence-corrected chi connectivity index (χ4v) is 3.73. The number of ether oxygens (including phenoxy) is 1. The van der Waals surface area contributed by atoms with Crippen LogP contribution in [0.2, 0.25) is 0 Å². The van der Waals surface area contributed by atoms with Crippen molar-refractivity contribution in [2.75, 3.05) is 18.1 Å². The lowest BCUT2D eigenvalue weighted by atomic mass is 9.89. The summed E-state index contributed by atoms with van der Waals surface area (Å²) in [5.74, 6) is 1.85. The number of hydrogen-bond acceptors (Lipinski definition) is 4. The minimum atomic E-state index is -0.514. The Morgan fingerprint density at radius 3 is 2.70 bits per heavy atom. The first-order chi connectivity index (χ1) is 9.59. The second-order valence-corrected chi connectivity index (χ2v) is 6.73. The molecule has 2 fully saturated rings. The topological polar surface area (TPSA) is 46.6 Å². The number of cyclic esters (lactones) is 1. The molecule has 2 heterocycles. The molecule has 0 radical (unpaired) electrons. The fourth-order valence-electron chi connectivity index (χ4n) is 2.62. The summed E-state index contributed by atoms with van der Waals surface area (Å²) in [4.78, 5) is 25.6. The summed E-state index contributed by atoms with van der Waals surface area (Å²) in [5.41, 5.74) is 0.978. The van der Waals surface area contributed by atoms with Crippen LogP contribution >= 0.6 is 11.8 Å². The first-order valence-corrected chi connectivity index (χ1v) is 7.86. The van der Waals surface area contributed by atoms with Gasteiger partial charge in [0.15, 0.2) is 0 Å². The van der Waals surface area contributed by atoms with E-state index in [0.717, 1.165) is 17.1 Å². The quantitative estimate of drug-likeness (QED) is 0.859. The molecular weight excluding hydrogens is 274 g/mol. The number of benzene rings is 1. The van der Waals surface area contributed by atoms with Gasteiger partial charge in [-0.25, -0.2) is 9.69 Å². The smallest absolute Gasteiger partial charge is 0.417 e. The zero-order valence-electron chi connectivity index (χ0n) is 11.4. The van der Waals surface area contributed by atoms with E-state index in [4.69, 9.17) is 4.74 Å². The maximum absolute atomic E-state index is 12.5. The molecule has 1 aromatic rings.